The van der Waals surface area contributed by atoms with Crippen molar-refractivity contribution in [3.05, 3.63) is 74.3 Å². The number of carbonyl (C=O) groups is 1. The number of aryl methyl sites for hydroxylation is 2. The van der Waals surface area contributed by atoms with Crippen LogP contribution >= 0.6 is 11.6 Å². The van der Waals surface area contributed by atoms with Crippen LogP contribution in [0, 0.1) is 10.1 Å². The van der Waals surface area contributed by atoms with E-state index >= 15 is 0 Å². The summed E-state index contributed by atoms with van der Waals surface area (Å²) in [6, 6.07) is 10.4. The summed E-state index contributed by atoms with van der Waals surface area (Å²) in [5, 5.41) is 13.9. The van der Waals surface area contributed by atoms with Crippen molar-refractivity contribution >= 4 is 35.0 Å². The van der Waals surface area contributed by atoms with Gasteiger partial charge in [0.05, 0.1) is 4.92 Å². The SMILES string of the molecule is CCc1cccc(CC)c1NC(=O)/C=C/c1ccc(Cl)c([N+](=O)[O-])c1. The van der Waals surface area contributed by atoms with Crippen molar-refractivity contribution in [3.63, 3.8) is 0 Å². The van der Waals surface area contributed by atoms with E-state index in [4.69, 9.17) is 11.6 Å². The number of rotatable bonds is 6. The number of nitrogens with one attached hydrogen (secondary N) is 1. The number of carbonyl (C=O) groups excluding carboxylic acids is 1. The molecule has 2 rings (SSSR count). The number of amides is 1. The Hall–Kier alpha value is -2.66. The minimum absolute atomic E-state index is 0.0658. The molecule has 0 aromatic heterocycles. The standard InChI is InChI=1S/C19H19ClN2O3/c1-3-14-6-5-7-15(4-2)19(14)21-18(23)11-9-13-8-10-16(20)17(12-13)22(24)25/h5-12H,3-4H2,1-2H3,(H,21,23)/b11-9+. The van der Waals surface area contributed by atoms with E-state index in [0.29, 0.717) is 5.56 Å². The maximum absolute atomic E-state index is 12.2. The van der Waals surface area contributed by atoms with Crippen LogP contribution in [0.25, 0.3) is 6.08 Å². The highest BCUT2D eigenvalue weighted by molar-refractivity contribution is 6.32. The van der Waals surface area contributed by atoms with E-state index in [0.717, 1.165) is 29.7 Å². The van der Waals surface area contributed by atoms with Crippen LogP contribution in [-0.2, 0) is 17.6 Å². The molecular weight excluding hydrogens is 340 g/mol. The Kier molecular flexibility index (Phi) is 6.31. The van der Waals surface area contributed by atoms with Crippen LogP contribution in [-0.4, -0.2) is 10.8 Å². The normalized spacial score (nSPS) is 10.8. The molecule has 2 aromatic carbocycles. The van der Waals surface area contributed by atoms with E-state index in [1.807, 2.05) is 32.0 Å². The number of nitro groups is 1. The van der Waals surface area contributed by atoms with E-state index in [1.165, 1.54) is 24.3 Å². The molecule has 5 nitrogen and oxygen atoms in total. The zero-order chi connectivity index (χ0) is 18.4. The van der Waals surface area contributed by atoms with Gasteiger partial charge in [0, 0.05) is 17.8 Å². The lowest BCUT2D eigenvalue weighted by molar-refractivity contribution is -0.384. The summed E-state index contributed by atoms with van der Waals surface area (Å²) in [6.45, 7) is 4.07. The lowest BCUT2D eigenvalue weighted by Crippen LogP contribution is -2.11. The molecule has 0 saturated carbocycles. The molecule has 25 heavy (non-hydrogen) atoms. The Labute approximate surface area is 151 Å². The molecule has 6 heteroatoms. The van der Waals surface area contributed by atoms with Crippen molar-refractivity contribution in [2.75, 3.05) is 5.32 Å². The lowest BCUT2D eigenvalue weighted by atomic mass is 10.0. The molecule has 0 fully saturated rings. The highest BCUT2D eigenvalue weighted by Gasteiger charge is 2.12. The van der Waals surface area contributed by atoms with Gasteiger partial charge in [-0.1, -0.05) is 49.7 Å². The Bertz CT molecular complexity index is 809. The second-order valence-corrected chi connectivity index (χ2v) is 5.86. The first-order valence-corrected chi connectivity index (χ1v) is 8.37. The third-order valence-electron chi connectivity index (χ3n) is 3.84. The summed E-state index contributed by atoms with van der Waals surface area (Å²) in [5.41, 5.74) is 3.33. The molecule has 1 N–H and O–H groups in total. The quantitative estimate of drug-likeness (QED) is 0.447. The zero-order valence-corrected chi connectivity index (χ0v) is 14.8. The molecule has 1 amide bonds. The van der Waals surface area contributed by atoms with Gasteiger partial charge < -0.3 is 5.32 Å². The Morgan fingerprint density at radius 3 is 2.40 bits per heavy atom. The van der Waals surface area contributed by atoms with Gasteiger partial charge in [0.2, 0.25) is 5.91 Å². The summed E-state index contributed by atoms with van der Waals surface area (Å²) in [7, 11) is 0. The van der Waals surface area contributed by atoms with Crippen LogP contribution in [0.2, 0.25) is 5.02 Å². The minimum atomic E-state index is -0.551. The first kappa shape index (κ1) is 18.7. The second-order valence-electron chi connectivity index (χ2n) is 5.45. The predicted octanol–water partition coefficient (Wildman–Crippen LogP) is 5.02. The van der Waals surface area contributed by atoms with Crippen LogP contribution < -0.4 is 5.32 Å². The third kappa shape index (κ3) is 4.67. The van der Waals surface area contributed by atoms with Crippen molar-refractivity contribution < 1.29 is 9.72 Å². The fourth-order valence-corrected chi connectivity index (χ4v) is 2.70. The topological polar surface area (TPSA) is 72.2 Å². The van der Waals surface area contributed by atoms with Gasteiger partial charge in [-0.15, -0.1) is 0 Å². The summed E-state index contributed by atoms with van der Waals surface area (Å²) in [6.07, 6.45) is 4.52. The van der Waals surface area contributed by atoms with Gasteiger partial charge in [0.1, 0.15) is 5.02 Å². The lowest BCUT2D eigenvalue weighted by Gasteiger charge is -2.13. The minimum Gasteiger partial charge on any atom is -0.322 e. The largest absolute Gasteiger partial charge is 0.322 e. The number of benzene rings is 2. The number of halogens is 1. The van der Waals surface area contributed by atoms with Gasteiger partial charge in [-0.2, -0.15) is 0 Å². The average Bonchev–Trinajstić information content (AvgIpc) is 2.60. The van der Waals surface area contributed by atoms with Gasteiger partial charge in [-0.3, -0.25) is 14.9 Å². The summed E-state index contributed by atoms with van der Waals surface area (Å²) < 4.78 is 0. The second kappa shape index (κ2) is 8.44. The maximum atomic E-state index is 12.2. The molecule has 0 atom stereocenters. The van der Waals surface area contributed by atoms with E-state index in [9.17, 15) is 14.9 Å². The fourth-order valence-electron chi connectivity index (χ4n) is 2.51. The molecule has 0 aliphatic heterocycles. The molecular formula is C19H19ClN2O3. The van der Waals surface area contributed by atoms with E-state index in [2.05, 4.69) is 5.32 Å². The van der Waals surface area contributed by atoms with Crippen LogP contribution in [0.1, 0.15) is 30.5 Å². The first-order valence-electron chi connectivity index (χ1n) is 8.00. The van der Waals surface area contributed by atoms with Crippen molar-refractivity contribution in [3.8, 4) is 0 Å². The summed E-state index contributed by atoms with van der Waals surface area (Å²) >= 11 is 5.78. The Morgan fingerprint density at radius 2 is 1.84 bits per heavy atom. The van der Waals surface area contributed by atoms with E-state index in [1.54, 1.807) is 6.07 Å². The van der Waals surface area contributed by atoms with Crippen LogP contribution in [0.3, 0.4) is 0 Å². The van der Waals surface area contributed by atoms with Gasteiger partial charge in [-0.05, 0) is 41.7 Å². The third-order valence-corrected chi connectivity index (χ3v) is 4.16. The molecule has 0 unspecified atom stereocenters. The van der Waals surface area contributed by atoms with Gasteiger partial charge in [0.15, 0.2) is 0 Å². The van der Waals surface area contributed by atoms with Crippen molar-refractivity contribution in [1.29, 1.82) is 0 Å². The number of hydrogen-bond acceptors (Lipinski definition) is 3. The van der Waals surface area contributed by atoms with Crippen LogP contribution in [0.15, 0.2) is 42.5 Å². The highest BCUT2D eigenvalue weighted by atomic mass is 35.5. The van der Waals surface area contributed by atoms with Crippen molar-refractivity contribution in [1.82, 2.24) is 0 Å². The first-order chi connectivity index (χ1) is 12.0. The molecule has 0 aliphatic carbocycles. The molecule has 0 saturated heterocycles. The molecule has 0 aliphatic rings. The number of anilines is 1. The Morgan fingerprint density at radius 1 is 1.20 bits per heavy atom. The van der Waals surface area contributed by atoms with Gasteiger partial charge in [0.25, 0.3) is 5.69 Å². The zero-order valence-electron chi connectivity index (χ0n) is 14.1. The molecule has 2 aromatic rings. The summed E-state index contributed by atoms with van der Waals surface area (Å²) in [4.78, 5) is 22.6. The van der Waals surface area contributed by atoms with Gasteiger partial charge in [-0.25, -0.2) is 0 Å². The van der Waals surface area contributed by atoms with Crippen LogP contribution in [0.5, 0.6) is 0 Å². The van der Waals surface area contributed by atoms with E-state index < -0.39 is 4.92 Å². The fraction of sp³-hybridized carbons (Fsp3) is 0.211. The van der Waals surface area contributed by atoms with E-state index in [-0.39, 0.29) is 16.6 Å². The molecule has 0 radical (unpaired) electrons. The van der Waals surface area contributed by atoms with Crippen molar-refractivity contribution in [2.45, 2.75) is 26.7 Å². The molecule has 0 heterocycles. The number of nitro benzene ring substituents is 1. The molecule has 0 bridgehead atoms. The van der Waals surface area contributed by atoms with Gasteiger partial charge >= 0.3 is 0 Å². The Balaban J connectivity index is 2.20. The van der Waals surface area contributed by atoms with Crippen LogP contribution in [0.4, 0.5) is 11.4 Å². The molecule has 0 spiro atoms. The smallest absolute Gasteiger partial charge is 0.288 e. The summed E-state index contributed by atoms with van der Waals surface area (Å²) in [5.74, 6) is -0.284. The monoisotopic (exact) mass is 358 g/mol. The van der Waals surface area contributed by atoms with Crippen molar-refractivity contribution in [2.24, 2.45) is 0 Å². The molecule has 130 valence electrons. The average molecular weight is 359 g/mol. The predicted molar refractivity (Wildman–Crippen MR) is 101 cm³/mol. The number of nitrogens with zero attached hydrogens (tertiary/aromatic N) is 1. The maximum Gasteiger partial charge on any atom is 0.288 e. The number of para-hydroxylation sites is 1. The number of hydrogen-bond donors (Lipinski definition) is 1. The highest BCUT2D eigenvalue weighted by Crippen LogP contribution is 2.26.